The molecule has 0 radical (unpaired) electrons. The van der Waals surface area contributed by atoms with Gasteiger partial charge in [-0.2, -0.15) is 0 Å². The molecule has 108 valence electrons. The highest BCUT2D eigenvalue weighted by atomic mass is 79.9. The number of aryl methyl sites for hydroxylation is 2. The molecule has 0 aliphatic heterocycles. The van der Waals surface area contributed by atoms with Crippen molar-refractivity contribution in [2.45, 2.75) is 13.8 Å². The van der Waals surface area contributed by atoms with E-state index in [1.54, 1.807) is 12.1 Å². The molecule has 0 saturated heterocycles. The number of anilines is 1. The second kappa shape index (κ2) is 6.49. The maximum atomic E-state index is 12.3. The number of halogens is 1. The van der Waals surface area contributed by atoms with Crippen molar-refractivity contribution in [3.8, 4) is 0 Å². The number of hydrogen-bond acceptors (Lipinski definition) is 4. The summed E-state index contributed by atoms with van der Waals surface area (Å²) in [6, 6.07) is 9.10. The number of rotatable bonds is 3. The number of carbonyl (C=O) groups is 1. The van der Waals surface area contributed by atoms with E-state index in [2.05, 4.69) is 31.2 Å². The van der Waals surface area contributed by atoms with E-state index < -0.39 is 0 Å². The maximum Gasteiger partial charge on any atom is 0.260 e. The maximum absolute atomic E-state index is 12.3. The fraction of sp³-hybridized carbons (Fsp3) is 0.133. The Morgan fingerprint density at radius 1 is 1.19 bits per heavy atom. The Balaban J connectivity index is 2.25. The molecule has 0 aliphatic carbocycles. The molecular weight excluding hydrogens is 332 g/mol. The zero-order chi connectivity index (χ0) is 15.4. The molecule has 2 rings (SSSR count). The fourth-order valence-corrected chi connectivity index (χ4v) is 2.09. The number of aromatic nitrogens is 2. The Bertz CT molecular complexity index is 675. The number of nitrogens with zero attached hydrogens (tertiary/aromatic N) is 2. The number of amides is 1. The summed E-state index contributed by atoms with van der Waals surface area (Å²) in [4.78, 5) is 20.8. The first-order valence-electron chi connectivity index (χ1n) is 6.31. The average Bonchev–Trinajstić information content (AvgIpc) is 2.41. The van der Waals surface area contributed by atoms with Crippen LogP contribution >= 0.6 is 15.9 Å². The molecule has 1 amide bonds. The third kappa shape index (κ3) is 3.88. The van der Waals surface area contributed by atoms with Crippen LogP contribution in [-0.4, -0.2) is 15.9 Å². The van der Waals surface area contributed by atoms with E-state index in [4.69, 9.17) is 5.73 Å². The molecule has 1 aromatic heterocycles. The number of nitrogens with one attached hydrogen (secondary N) is 1. The molecular formula is C15H15BrN4O. The van der Waals surface area contributed by atoms with E-state index in [1.165, 1.54) is 6.20 Å². The van der Waals surface area contributed by atoms with E-state index in [-0.39, 0.29) is 11.5 Å². The third-order valence-electron chi connectivity index (χ3n) is 2.74. The lowest BCUT2D eigenvalue weighted by molar-refractivity contribution is -0.111. The van der Waals surface area contributed by atoms with Gasteiger partial charge in [0.15, 0.2) is 5.82 Å². The van der Waals surface area contributed by atoms with Crippen LogP contribution in [0.5, 0.6) is 0 Å². The summed E-state index contributed by atoms with van der Waals surface area (Å²) in [7, 11) is 0. The van der Waals surface area contributed by atoms with Crippen LogP contribution in [0.15, 0.2) is 41.0 Å². The Hall–Kier alpha value is -2.21. The zero-order valence-electron chi connectivity index (χ0n) is 11.7. The lowest BCUT2D eigenvalue weighted by Gasteiger charge is -2.09. The highest BCUT2D eigenvalue weighted by molar-refractivity contribution is 9.10. The van der Waals surface area contributed by atoms with Crippen molar-refractivity contribution in [2.75, 3.05) is 5.32 Å². The molecule has 5 nitrogen and oxygen atoms in total. The standard InChI is InChI=1S/C15H15BrN4O/c1-9-7-10(2)19-14(18-9)13(8-17)15(21)20-12-5-3-11(16)4-6-12/h3-8H,17H2,1-2H3,(H,20,21). The lowest BCUT2D eigenvalue weighted by atomic mass is 10.2. The van der Waals surface area contributed by atoms with Gasteiger partial charge in [0, 0.05) is 27.7 Å². The van der Waals surface area contributed by atoms with E-state index in [1.807, 2.05) is 32.0 Å². The Kier molecular flexibility index (Phi) is 4.70. The van der Waals surface area contributed by atoms with Crippen LogP contribution in [0.2, 0.25) is 0 Å². The summed E-state index contributed by atoms with van der Waals surface area (Å²) in [5.74, 6) is -0.0190. The molecule has 0 fully saturated rings. The van der Waals surface area contributed by atoms with Crippen LogP contribution in [0.4, 0.5) is 5.69 Å². The second-order valence-corrected chi connectivity index (χ2v) is 5.43. The highest BCUT2D eigenvalue weighted by Crippen LogP contribution is 2.17. The van der Waals surface area contributed by atoms with E-state index in [0.717, 1.165) is 15.9 Å². The lowest BCUT2D eigenvalue weighted by Crippen LogP contribution is -2.17. The molecule has 0 atom stereocenters. The number of hydrogen-bond donors (Lipinski definition) is 2. The van der Waals surface area contributed by atoms with E-state index in [0.29, 0.717) is 11.5 Å². The summed E-state index contributed by atoms with van der Waals surface area (Å²) in [6.07, 6.45) is 1.22. The average molecular weight is 347 g/mol. The van der Waals surface area contributed by atoms with Crippen LogP contribution in [-0.2, 0) is 4.79 Å². The smallest absolute Gasteiger partial charge is 0.260 e. The van der Waals surface area contributed by atoms with Crippen LogP contribution in [0.3, 0.4) is 0 Å². The van der Waals surface area contributed by atoms with Crippen molar-refractivity contribution in [1.29, 1.82) is 0 Å². The number of nitrogens with two attached hydrogens (primary N) is 1. The van der Waals surface area contributed by atoms with Crippen molar-refractivity contribution >= 4 is 33.1 Å². The van der Waals surface area contributed by atoms with E-state index >= 15 is 0 Å². The molecule has 2 aromatic rings. The molecule has 0 saturated carbocycles. The molecule has 0 spiro atoms. The quantitative estimate of drug-likeness (QED) is 0.837. The van der Waals surface area contributed by atoms with Gasteiger partial charge in [0.1, 0.15) is 0 Å². The number of benzene rings is 1. The third-order valence-corrected chi connectivity index (χ3v) is 3.27. The van der Waals surface area contributed by atoms with Gasteiger partial charge in [0.05, 0.1) is 5.57 Å². The molecule has 3 N–H and O–H groups in total. The predicted octanol–water partition coefficient (Wildman–Crippen LogP) is 2.79. The summed E-state index contributed by atoms with van der Waals surface area (Å²) in [5.41, 5.74) is 8.06. The summed E-state index contributed by atoms with van der Waals surface area (Å²) >= 11 is 3.34. The minimum atomic E-state index is -0.343. The summed E-state index contributed by atoms with van der Waals surface area (Å²) in [6.45, 7) is 3.69. The van der Waals surface area contributed by atoms with E-state index in [9.17, 15) is 4.79 Å². The van der Waals surface area contributed by atoms with Crippen molar-refractivity contribution in [3.05, 3.63) is 58.2 Å². The van der Waals surface area contributed by atoms with Gasteiger partial charge in [-0.15, -0.1) is 0 Å². The topological polar surface area (TPSA) is 80.9 Å². The number of carbonyl (C=O) groups excluding carboxylic acids is 1. The first kappa shape index (κ1) is 15.2. The largest absolute Gasteiger partial charge is 0.404 e. The second-order valence-electron chi connectivity index (χ2n) is 4.52. The first-order valence-corrected chi connectivity index (χ1v) is 7.10. The van der Waals surface area contributed by atoms with Gasteiger partial charge in [-0.05, 0) is 44.2 Å². The Morgan fingerprint density at radius 2 is 1.76 bits per heavy atom. The molecule has 1 aromatic carbocycles. The van der Waals surface area contributed by atoms with Crippen LogP contribution < -0.4 is 11.1 Å². The van der Waals surface area contributed by atoms with Gasteiger partial charge in [-0.3, -0.25) is 4.79 Å². The molecule has 0 unspecified atom stereocenters. The normalized spacial score (nSPS) is 11.3. The van der Waals surface area contributed by atoms with Crippen molar-refractivity contribution in [3.63, 3.8) is 0 Å². The van der Waals surface area contributed by atoms with Gasteiger partial charge >= 0.3 is 0 Å². The molecule has 21 heavy (non-hydrogen) atoms. The van der Waals surface area contributed by atoms with Crippen molar-refractivity contribution in [1.82, 2.24) is 9.97 Å². The highest BCUT2D eigenvalue weighted by Gasteiger charge is 2.15. The zero-order valence-corrected chi connectivity index (χ0v) is 13.3. The van der Waals surface area contributed by atoms with Crippen LogP contribution in [0, 0.1) is 13.8 Å². The molecule has 1 heterocycles. The SMILES string of the molecule is Cc1cc(C)nc(C(=CN)C(=O)Nc2ccc(Br)cc2)n1. The monoisotopic (exact) mass is 346 g/mol. The van der Waals surface area contributed by atoms with Gasteiger partial charge in [0.25, 0.3) is 5.91 Å². The van der Waals surface area contributed by atoms with Crippen molar-refractivity contribution in [2.24, 2.45) is 5.73 Å². The van der Waals surface area contributed by atoms with Gasteiger partial charge < -0.3 is 11.1 Å². The van der Waals surface area contributed by atoms with Crippen LogP contribution in [0.25, 0.3) is 5.57 Å². The summed E-state index contributed by atoms with van der Waals surface area (Å²) in [5, 5.41) is 2.77. The minimum Gasteiger partial charge on any atom is -0.404 e. The van der Waals surface area contributed by atoms with Gasteiger partial charge in [-0.25, -0.2) is 9.97 Å². The van der Waals surface area contributed by atoms with Crippen LogP contribution in [0.1, 0.15) is 17.2 Å². The molecule has 6 heteroatoms. The Morgan fingerprint density at radius 3 is 2.29 bits per heavy atom. The van der Waals surface area contributed by atoms with Gasteiger partial charge in [-0.1, -0.05) is 15.9 Å². The summed E-state index contributed by atoms with van der Waals surface area (Å²) < 4.78 is 0.938. The Labute approximate surface area is 131 Å². The van der Waals surface area contributed by atoms with Gasteiger partial charge in [0.2, 0.25) is 0 Å². The predicted molar refractivity (Wildman–Crippen MR) is 86.4 cm³/mol. The van der Waals surface area contributed by atoms with Crippen molar-refractivity contribution < 1.29 is 4.79 Å². The first-order chi connectivity index (χ1) is 9.99. The minimum absolute atomic E-state index is 0.240. The molecule has 0 bridgehead atoms. The molecule has 0 aliphatic rings. The fourth-order valence-electron chi connectivity index (χ4n) is 1.83.